The molecule has 1 aliphatic heterocycles. The summed E-state index contributed by atoms with van der Waals surface area (Å²) in [5.74, 6) is 0.224. The zero-order valence-electron chi connectivity index (χ0n) is 11.8. The maximum absolute atomic E-state index is 12.9. The average Bonchev–Trinajstić information content (AvgIpc) is 2.86. The molecule has 2 unspecified atom stereocenters. The first-order chi connectivity index (χ1) is 10.1. The van der Waals surface area contributed by atoms with Crippen LogP contribution in [0.25, 0.3) is 10.9 Å². The maximum Gasteiger partial charge on any atom is 0.254 e. The summed E-state index contributed by atoms with van der Waals surface area (Å²) in [6.45, 7) is 2.72. The molecule has 1 N–H and O–H groups in total. The summed E-state index contributed by atoms with van der Waals surface area (Å²) in [5.41, 5.74) is 1.26. The van der Waals surface area contributed by atoms with Crippen LogP contribution in [0.2, 0.25) is 5.15 Å². The molecule has 2 aromatic rings. The monoisotopic (exact) mass is 304 g/mol. The van der Waals surface area contributed by atoms with Crippen molar-refractivity contribution in [1.29, 1.82) is 0 Å². The second kappa shape index (κ2) is 5.62. The molecule has 0 bridgehead atoms. The van der Waals surface area contributed by atoms with E-state index in [0.717, 1.165) is 11.8 Å². The Bertz CT molecular complexity index is 689. The van der Waals surface area contributed by atoms with E-state index in [1.807, 2.05) is 24.3 Å². The highest BCUT2D eigenvalue weighted by Crippen LogP contribution is 2.28. The van der Waals surface area contributed by atoms with Crippen LogP contribution in [0, 0.1) is 5.92 Å². The number of aromatic nitrogens is 1. The first-order valence-electron chi connectivity index (χ1n) is 7.09. The molecule has 110 valence electrons. The molecule has 0 aliphatic carbocycles. The van der Waals surface area contributed by atoms with Gasteiger partial charge in [0.25, 0.3) is 5.91 Å². The van der Waals surface area contributed by atoms with Gasteiger partial charge in [-0.2, -0.15) is 0 Å². The van der Waals surface area contributed by atoms with Crippen molar-refractivity contribution in [2.24, 2.45) is 5.92 Å². The fourth-order valence-corrected chi connectivity index (χ4v) is 3.21. The molecule has 21 heavy (non-hydrogen) atoms. The molecule has 0 radical (unpaired) electrons. The Morgan fingerprint density at radius 1 is 1.48 bits per heavy atom. The van der Waals surface area contributed by atoms with Gasteiger partial charge in [-0.05, 0) is 24.5 Å². The minimum absolute atomic E-state index is 0.0103. The summed E-state index contributed by atoms with van der Waals surface area (Å²) in [6.07, 6.45) is 0.910. The Morgan fingerprint density at radius 3 is 3.00 bits per heavy atom. The van der Waals surface area contributed by atoms with Crippen LogP contribution in [0.15, 0.2) is 30.3 Å². The number of rotatable bonds is 2. The number of pyridine rings is 1. The normalized spacial score (nSPS) is 22.0. The van der Waals surface area contributed by atoms with Gasteiger partial charge in [-0.25, -0.2) is 4.98 Å². The van der Waals surface area contributed by atoms with Gasteiger partial charge in [0.15, 0.2) is 0 Å². The highest BCUT2D eigenvalue weighted by Gasteiger charge is 2.34. The SMILES string of the molecule is CC1CCN(C(=O)c2cc(Cl)nc3ccccc23)C1CO. The zero-order valence-corrected chi connectivity index (χ0v) is 12.5. The number of carbonyl (C=O) groups is 1. The van der Waals surface area contributed by atoms with Gasteiger partial charge >= 0.3 is 0 Å². The molecule has 0 saturated carbocycles. The molecule has 1 fully saturated rings. The first kappa shape index (κ1) is 14.3. The lowest BCUT2D eigenvalue weighted by Gasteiger charge is -2.25. The lowest BCUT2D eigenvalue weighted by atomic mass is 10.0. The van der Waals surface area contributed by atoms with Crippen LogP contribution in [0.3, 0.4) is 0 Å². The molecule has 2 heterocycles. The summed E-state index contributed by atoms with van der Waals surface area (Å²) in [4.78, 5) is 18.9. The summed E-state index contributed by atoms with van der Waals surface area (Å²) in [7, 11) is 0. The van der Waals surface area contributed by atoms with Crippen LogP contribution in [0.4, 0.5) is 0 Å². The highest BCUT2D eigenvalue weighted by atomic mass is 35.5. The second-order valence-corrected chi connectivity index (χ2v) is 5.91. The maximum atomic E-state index is 12.9. The minimum Gasteiger partial charge on any atom is -0.394 e. The number of nitrogens with zero attached hydrogens (tertiary/aromatic N) is 2. The minimum atomic E-state index is -0.122. The lowest BCUT2D eigenvalue weighted by molar-refractivity contribution is 0.0650. The molecule has 2 atom stereocenters. The fourth-order valence-electron chi connectivity index (χ4n) is 3.01. The van der Waals surface area contributed by atoms with E-state index in [1.165, 1.54) is 0 Å². The van der Waals surface area contributed by atoms with Crippen molar-refractivity contribution in [3.63, 3.8) is 0 Å². The number of hydrogen-bond acceptors (Lipinski definition) is 3. The van der Waals surface area contributed by atoms with Crippen molar-refractivity contribution in [2.45, 2.75) is 19.4 Å². The summed E-state index contributed by atoms with van der Waals surface area (Å²) in [5, 5.41) is 10.6. The predicted molar refractivity (Wildman–Crippen MR) is 82.4 cm³/mol. The Balaban J connectivity index is 2.06. The van der Waals surface area contributed by atoms with E-state index in [0.29, 0.717) is 28.7 Å². The fraction of sp³-hybridized carbons (Fsp3) is 0.375. The van der Waals surface area contributed by atoms with Gasteiger partial charge in [-0.3, -0.25) is 4.79 Å². The van der Waals surface area contributed by atoms with Crippen LogP contribution < -0.4 is 0 Å². The Labute approximate surface area is 128 Å². The molecule has 3 rings (SSSR count). The van der Waals surface area contributed by atoms with Crippen LogP contribution in [0.1, 0.15) is 23.7 Å². The van der Waals surface area contributed by atoms with E-state index < -0.39 is 0 Å². The number of aliphatic hydroxyl groups is 1. The van der Waals surface area contributed by atoms with Gasteiger partial charge in [0.1, 0.15) is 5.15 Å². The highest BCUT2D eigenvalue weighted by molar-refractivity contribution is 6.30. The molecule has 4 nitrogen and oxygen atoms in total. The second-order valence-electron chi connectivity index (χ2n) is 5.52. The van der Waals surface area contributed by atoms with E-state index in [4.69, 9.17) is 11.6 Å². The van der Waals surface area contributed by atoms with Gasteiger partial charge in [-0.15, -0.1) is 0 Å². The van der Waals surface area contributed by atoms with E-state index >= 15 is 0 Å². The number of fused-ring (bicyclic) bond motifs is 1. The number of benzene rings is 1. The topological polar surface area (TPSA) is 53.4 Å². The molecular weight excluding hydrogens is 288 g/mol. The third-order valence-electron chi connectivity index (χ3n) is 4.25. The molecule has 1 amide bonds. The third kappa shape index (κ3) is 2.49. The number of aliphatic hydroxyl groups excluding tert-OH is 1. The summed E-state index contributed by atoms with van der Waals surface area (Å²) >= 11 is 6.04. The number of carbonyl (C=O) groups excluding carboxylic acids is 1. The van der Waals surface area contributed by atoms with Crippen molar-refractivity contribution < 1.29 is 9.90 Å². The van der Waals surface area contributed by atoms with E-state index in [1.54, 1.807) is 11.0 Å². The smallest absolute Gasteiger partial charge is 0.254 e. The first-order valence-corrected chi connectivity index (χ1v) is 7.46. The van der Waals surface area contributed by atoms with Crippen LogP contribution in [-0.4, -0.2) is 40.1 Å². The zero-order chi connectivity index (χ0) is 15.0. The molecule has 1 aromatic carbocycles. The Hall–Kier alpha value is -1.65. The third-order valence-corrected chi connectivity index (χ3v) is 4.44. The number of para-hydroxylation sites is 1. The number of halogens is 1. The molecule has 0 spiro atoms. The molecule has 5 heteroatoms. The van der Waals surface area contributed by atoms with Crippen molar-refractivity contribution in [2.75, 3.05) is 13.2 Å². The Morgan fingerprint density at radius 2 is 2.24 bits per heavy atom. The Kier molecular flexibility index (Phi) is 3.83. The lowest BCUT2D eigenvalue weighted by Crippen LogP contribution is -2.39. The van der Waals surface area contributed by atoms with Gasteiger partial charge in [0, 0.05) is 11.9 Å². The van der Waals surface area contributed by atoms with Gasteiger partial charge < -0.3 is 10.0 Å². The number of amides is 1. The average molecular weight is 305 g/mol. The molecule has 1 saturated heterocycles. The van der Waals surface area contributed by atoms with E-state index in [9.17, 15) is 9.90 Å². The summed E-state index contributed by atoms with van der Waals surface area (Å²) < 4.78 is 0. The number of hydrogen-bond donors (Lipinski definition) is 1. The predicted octanol–water partition coefficient (Wildman–Crippen LogP) is 2.73. The van der Waals surface area contributed by atoms with Crippen molar-refractivity contribution in [3.05, 3.63) is 41.0 Å². The van der Waals surface area contributed by atoms with E-state index in [2.05, 4.69) is 11.9 Å². The van der Waals surface area contributed by atoms with Crippen molar-refractivity contribution in [3.8, 4) is 0 Å². The standard InChI is InChI=1S/C16H17ClN2O2/c1-10-6-7-19(14(10)9-20)16(21)12-8-15(17)18-13-5-3-2-4-11(12)13/h2-5,8,10,14,20H,6-7,9H2,1H3. The van der Waals surface area contributed by atoms with Crippen LogP contribution in [-0.2, 0) is 0 Å². The molecule has 1 aromatic heterocycles. The quantitative estimate of drug-likeness (QED) is 0.868. The van der Waals surface area contributed by atoms with Gasteiger partial charge in [0.05, 0.1) is 23.7 Å². The molecular formula is C16H17ClN2O2. The van der Waals surface area contributed by atoms with Gasteiger partial charge in [-0.1, -0.05) is 36.7 Å². The van der Waals surface area contributed by atoms with Crippen molar-refractivity contribution >= 4 is 28.4 Å². The van der Waals surface area contributed by atoms with Gasteiger partial charge in [0.2, 0.25) is 0 Å². The van der Waals surface area contributed by atoms with Crippen molar-refractivity contribution in [1.82, 2.24) is 9.88 Å². The number of likely N-dealkylation sites (tertiary alicyclic amines) is 1. The largest absolute Gasteiger partial charge is 0.394 e. The van der Waals surface area contributed by atoms with E-state index in [-0.39, 0.29) is 18.6 Å². The van der Waals surface area contributed by atoms with Crippen LogP contribution in [0.5, 0.6) is 0 Å². The summed E-state index contributed by atoms with van der Waals surface area (Å²) in [6, 6.07) is 8.96. The molecule has 1 aliphatic rings. The van der Waals surface area contributed by atoms with Crippen LogP contribution >= 0.6 is 11.6 Å².